The van der Waals surface area contributed by atoms with Gasteiger partial charge in [0, 0.05) is 18.2 Å². The predicted molar refractivity (Wildman–Crippen MR) is 89.4 cm³/mol. The van der Waals surface area contributed by atoms with Gasteiger partial charge < -0.3 is 20.1 Å². The smallest absolute Gasteiger partial charge is 0.255 e. The van der Waals surface area contributed by atoms with Crippen molar-refractivity contribution in [3.05, 3.63) is 28.8 Å². The van der Waals surface area contributed by atoms with E-state index in [0.717, 1.165) is 25.9 Å². The fourth-order valence-electron chi connectivity index (χ4n) is 2.27. The third kappa shape index (κ3) is 5.65. The van der Waals surface area contributed by atoms with Crippen LogP contribution in [0.15, 0.2) is 18.2 Å². The second-order valence-corrected chi connectivity index (χ2v) is 5.42. The Morgan fingerprint density at radius 2 is 2.09 bits per heavy atom. The molecule has 2 N–H and O–H groups in total. The third-order valence-electron chi connectivity index (χ3n) is 3.41. The van der Waals surface area contributed by atoms with Gasteiger partial charge in [0.05, 0.1) is 12.2 Å². The normalized spacial score (nSPS) is 15.0. The van der Waals surface area contributed by atoms with Gasteiger partial charge in [-0.25, -0.2) is 0 Å². The average Bonchev–Trinajstić information content (AvgIpc) is 2.50. The summed E-state index contributed by atoms with van der Waals surface area (Å²) in [5.74, 6) is 0.389. The topological polar surface area (TPSA) is 59.6 Å². The van der Waals surface area contributed by atoms with Crippen molar-refractivity contribution in [3.63, 3.8) is 0 Å². The largest absolute Gasteiger partial charge is 0.490 e. The van der Waals surface area contributed by atoms with Gasteiger partial charge in [-0.15, -0.1) is 12.4 Å². The fraction of sp³-hybridized carbons (Fsp3) is 0.533. The molecule has 124 valence electrons. The number of rotatable bonds is 6. The molecule has 1 aliphatic heterocycles. The lowest BCUT2D eigenvalue weighted by Gasteiger charge is -2.24. The maximum atomic E-state index is 12.4. The van der Waals surface area contributed by atoms with Crippen molar-refractivity contribution in [1.82, 2.24) is 10.6 Å². The number of piperidine rings is 1. The summed E-state index contributed by atoms with van der Waals surface area (Å²) in [6, 6.07) is 5.27. The summed E-state index contributed by atoms with van der Waals surface area (Å²) in [6.45, 7) is 2.72. The summed E-state index contributed by atoms with van der Waals surface area (Å²) in [6.07, 6.45) is 1.87. The molecular weight excluding hydrogens is 327 g/mol. The number of halogens is 2. The molecule has 1 fully saturated rings. The molecule has 0 bridgehead atoms. The molecule has 1 aromatic rings. The van der Waals surface area contributed by atoms with E-state index in [1.807, 2.05) is 0 Å². The summed E-state index contributed by atoms with van der Waals surface area (Å²) in [7, 11) is 1.61. The predicted octanol–water partition coefficient (Wildman–Crippen LogP) is 2.27. The Kier molecular flexibility index (Phi) is 8.56. The highest BCUT2D eigenvalue weighted by Crippen LogP contribution is 2.23. The van der Waals surface area contributed by atoms with Gasteiger partial charge >= 0.3 is 0 Å². The van der Waals surface area contributed by atoms with Crippen LogP contribution in [0.5, 0.6) is 5.75 Å². The minimum absolute atomic E-state index is 0. The molecule has 22 heavy (non-hydrogen) atoms. The molecule has 1 aliphatic rings. The second kappa shape index (κ2) is 9.90. The Hall–Kier alpha value is -1.01. The van der Waals surface area contributed by atoms with E-state index in [4.69, 9.17) is 21.1 Å². The summed E-state index contributed by atoms with van der Waals surface area (Å²) in [4.78, 5) is 12.4. The van der Waals surface area contributed by atoms with Gasteiger partial charge in [0.25, 0.3) is 5.91 Å². The maximum Gasteiger partial charge on any atom is 0.255 e. The molecule has 0 aliphatic carbocycles. The van der Waals surface area contributed by atoms with E-state index in [9.17, 15) is 4.79 Å². The standard InChI is InChI=1S/C15H21ClN2O3.ClH/c1-20-8-9-21-14-3-2-11(16)10-13(14)15(19)18-12-4-6-17-7-5-12;/h2-3,10,12,17H,4-9H2,1H3,(H,18,19);1H. The molecule has 0 spiro atoms. The minimum Gasteiger partial charge on any atom is -0.490 e. The van der Waals surface area contributed by atoms with Crippen LogP contribution in [-0.4, -0.2) is 45.4 Å². The molecule has 2 rings (SSSR count). The van der Waals surface area contributed by atoms with Crippen LogP contribution < -0.4 is 15.4 Å². The van der Waals surface area contributed by atoms with E-state index in [-0.39, 0.29) is 24.4 Å². The highest BCUT2D eigenvalue weighted by molar-refractivity contribution is 6.31. The molecule has 0 radical (unpaired) electrons. The Morgan fingerprint density at radius 3 is 2.77 bits per heavy atom. The fourth-order valence-corrected chi connectivity index (χ4v) is 2.44. The lowest BCUT2D eigenvalue weighted by molar-refractivity contribution is 0.0922. The van der Waals surface area contributed by atoms with E-state index >= 15 is 0 Å². The van der Waals surface area contributed by atoms with Crippen molar-refractivity contribution in [2.24, 2.45) is 0 Å². The molecule has 7 heteroatoms. The quantitative estimate of drug-likeness (QED) is 0.774. The molecule has 5 nitrogen and oxygen atoms in total. The highest BCUT2D eigenvalue weighted by atomic mass is 35.5. The first-order valence-electron chi connectivity index (χ1n) is 7.13. The van der Waals surface area contributed by atoms with Crippen LogP contribution in [0.2, 0.25) is 5.02 Å². The lowest BCUT2D eigenvalue weighted by Crippen LogP contribution is -2.42. The van der Waals surface area contributed by atoms with E-state index < -0.39 is 0 Å². The number of ether oxygens (including phenoxy) is 2. The van der Waals surface area contributed by atoms with Gasteiger partial charge in [0.2, 0.25) is 0 Å². The number of carbonyl (C=O) groups excluding carboxylic acids is 1. The summed E-state index contributed by atoms with van der Waals surface area (Å²) >= 11 is 5.99. The van der Waals surface area contributed by atoms with Gasteiger partial charge in [-0.2, -0.15) is 0 Å². The number of carbonyl (C=O) groups is 1. The molecule has 0 saturated carbocycles. The first-order valence-corrected chi connectivity index (χ1v) is 7.51. The molecule has 0 unspecified atom stereocenters. The van der Waals surface area contributed by atoms with Crippen LogP contribution in [-0.2, 0) is 4.74 Å². The third-order valence-corrected chi connectivity index (χ3v) is 3.64. The first-order chi connectivity index (χ1) is 10.2. The van der Waals surface area contributed by atoms with Gasteiger partial charge in [-0.3, -0.25) is 4.79 Å². The van der Waals surface area contributed by atoms with E-state index in [1.165, 1.54) is 0 Å². The SMILES string of the molecule is COCCOc1ccc(Cl)cc1C(=O)NC1CCNCC1.Cl. The summed E-state index contributed by atoms with van der Waals surface area (Å²) < 4.78 is 10.5. The average molecular weight is 349 g/mol. The van der Waals surface area contributed by atoms with Crippen LogP contribution in [0, 0.1) is 0 Å². The molecule has 1 saturated heterocycles. The van der Waals surface area contributed by atoms with Crippen molar-refractivity contribution in [1.29, 1.82) is 0 Å². The molecule has 1 aromatic carbocycles. The van der Waals surface area contributed by atoms with E-state index in [1.54, 1.807) is 25.3 Å². The Balaban J connectivity index is 0.00000242. The number of hydrogen-bond donors (Lipinski definition) is 2. The van der Waals surface area contributed by atoms with Crippen LogP contribution in [0.25, 0.3) is 0 Å². The van der Waals surface area contributed by atoms with E-state index in [2.05, 4.69) is 10.6 Å². The Morgan fingerprint density at radius 1 is 1.36 bits per heavy atom. The number of hydrogen-bond acceptors (Lipinski definition) is 4. The number of benzene rings is 1. The maximum absolute atomic E-state index is 12.4. The van der Waals surface area contributed by atoms with Crippen LogP contribution in [0.3, 0.4) is 0 Å². The Labute approximate surface area is 142 Å². The lowest BCUT2D eigenvalue weighted by atomic mass is 10.1. The van der Waals surface area contributed by atoms with Gasteiger partial charge in [0.15, 0.2) is 0 Å². The zero-order chi connectivity index (χ0) is 15.1. The zero-order valence-corrected chi connectivity index (χ0v) is 14.1. The first kappa shape index (κ1) is 19.0. The minimum atomic E-state index is -0.142. The van der Waals surface area contributed by atoms with E-state index in [0.29, 0.717) is 29.5 Å². The number of amides is 1. The highest BCUT2D eigenvalue weighted by Gasteiger charge is 2.19. The van der Waals surface area contributed by atoms with Gasteiger partial charge in [-0.1, -0.05) is 11.6 Å². The van der Waals surface area contributed by atoms with Crippen molar-refractivity contribution in [3.8, 4) is 5.75 Å². The number of methoxy groups -OCH3 is 1. The Bertz CT molecular complexity index is 480. The second-order valence-electron chi connectivity index (χ2n) is 4.98. The molecule has 1 amide bonds. The summed E-state index contributed by atoms with van der Waals surface area (Å²) in [5, 5.41) is 6.83. The molecular formula is C15H22Cl2N2O3. The van der Waals surface area contributed by atoms with Crippen molar-refractivity contribution in [2.45, 2.75) is 18.9 Å². The van der Waals surface area contributed by atoms with Crippen LogP contribution in [0.4, 0.5) is 0 Å². The number of nitrogens with one attached hydrogen (secondary N) is 2. The van der Waals surface area contributed by atoms with Crippen molar-refractivity contribution < 1.29 is 14.3 Å². The van der Waals surface area contributed by atoms with Gasteiger partial charge in [-0.05, 0) is 44.1 Å². The van der Waals surface area contributed by atoms with Crippen LogP contribution in [0.1, 0.15) is 23.2 Å². The van der Waals surface area contributed by atoms with Crippen molar-refractivity contribution in [2.75, 3.05) is 33.4 Å². The van der Waals surface area contributed by atoms with Crippen molar-refractivity contribution >= 4 is 29.9 Å². The molecule has 0 atom stereocenters. The zero-order valence-electron chi connectivity index (χ0n) is 12.6. The molecule has 1 heterocycles. The monoisotopic (exact) mass is 348 g/mol. The van der Waals surface area contributed by atoms with Crippen LogP contribution >= 0.6 is 24.0 Å². The molecule has 0 aromatic heterocycles. The summed E-state index contributed by atoms with van der Waals surface area (Å²) in [5.41, 5.74) is 0.470. The van der Waals surface area contributed by atoms with Gasteiger partial charge in [0.1, 0.15) is 12.4 Å².